The largest absolute Gasteiger partial charge is 0.495 e. The number of ether oxygens (including phenoxy) is 1. The van der Waals surface area contributed by atoms with E-state index >= 15 is 0 Å². The van der Waals surface area contributed by atoms with Crippen LogP contribution in [0, 0.1) is 0 Å². The quantitative estimate of drug-likeness (QED) is 0.498. The number of benzene rings is 2. The first kappa shape index (κ1) is 19.7. The number of amides is 1. The summed E-state index contributed by atoms with van der Waals surface area (Å²) in [5, 5.41) is 10.5. The smallest absolute Gasteiger partial charge is 0.237 e. The van der Waals surface area contributed by atoms with Crippen molar-refractivity contribution in [3.05, 3.63) is 52.0 Å². The fraction of sp³-hybridized carbons (Fsp3) is 0.167. The van der Waals surface area contributed by atoms with Gasteiger partial charge in [-0.1, -0.05) is 57.5 Å². The second kappa shape index (κ2) is 8.77. The molecule has 0 unspecified atom stereocenters. The topological polar surface area (TPSA) is 79.9 Å². The van der Waals surface area contributed by atoms with Crippen LogP contribution in [0.15, 0.2) is 52.1 Å². The summed E-state index contributed by atoms with van der Waals surface area (Å²) in [6.07, 6.45) is 0. The molecular weight excluding hydrogens is 452 g/mol. The van der Waals surface area contributed by atoms with Gasteiger partial charge in [0.2, 0.25) is 11.1 Å². The molecule has 6 nitrogen and oxygen atoms in total. The number of thioether (sulfide) groups is 1. The number of anilines is 1. The lowest BCUT2D eigenvalue weighted by molar-refractivity contribution is -0.115. The van der Waals surface area contributed by atoms with Crippen LogP contribution >= 0.6 is 39.3 Å². The second-order valence-electron chi connectivity index (χ2n) is 5.54. The Morgan fingerprint density at radius 1 is 1.33 bits per heavy atom. The molecule has 0 spiro atoms. The van der Waals surface area contributed by atoms with Crippen LogP contribution in [0.5, 0.6) is 5.75 Å². The van der Waals surface area contributed by atoms with Crippen LogP contribution in [0.3, 0.4) is 0 Å². The average Bonchev–Trinajstić information content (AvgIpc) is 3.10. The van der Waals surface area contributed by atoms with Crippen LogP contribution in [-0.4, -0.2) is 33.4 Å². The summed E-state index contributed by atoms with van der Waals surface area (Å²) in [4.78, 5) is 17.0. The lowest BCUT2D eigenvalue weighted by Gasteiger charge is -2.13. The van der Waals surface area contributed by atoms with Crippen LogP contribution in [0.1, 0.15) is 6.92 Å². The summed E-state index contributed by atoms with van der Waals surface area (Å²) in [7, 11) is 1.54. The number of carbonyl (C=O) groups is 1. The van der Waals surface area contributed by atoms with E-state index in [4.69, 9.17) is 16.3 Å². The Morgan fingerprint density at radius 3 is 2.85 bits per heavy atom. The molecule has 0 fully saturated rings. The number of hydrogen-bond donors (Lipinski definition) is 2. The average molecular weight is 468 g/mol. The minimum absolute atomic E-state index is 0.201. The highest BCUT2D eigenvalue weighted by molar-refractivity contribution is 9.10. The Balaban J connectivity index is 1.69. The summed E-state index contributed by atoms with van der Waals surface area (Å²) in [6, 6.07) is 12.8. The summed E-state index contributed by atoms with van der Waals surface area (Å²) in [5.74, 6) is 0.973. The molecule has 0 aliphatic heterocycles. The third kappa shape index (κ3) is 4.82. The van der Waals surface area contributed by atoms with Gasteiger partial charge in [-0.3, -0.25) is 9.89 Å². The fourth-order valence-corrected chi connectivity index (χ4v) is 3.67. The Kier molecular flexibility index (Phi) is 6.41. The molecule has 0 aliphatic carbocycles. The van der Waals surface area contributed by atoms with Crippen LogP contribution in [0.2, 0.25) is 5.02 Å². The predicted octanol–water partition coefficient (Wildman–Crippen LogP) is 5.02. The van der Waals surface area contributed by atoms with Gasteiger partial charge in [0.25, 0.3) is 0 Å². The number of halogens is 2. The monoisotopic (exact) mass is 466 g/mol. The molecule has 2 N–H and O–H groups in total. The van der Waals surface area contributed by atoms with Crippen molar-refractivity contribution in [2.75, 3.05) is 12.4 Å². The summed E-state index contributed by atoms with van der Waals surface area (Å²) in [6.45, 7) is 1.78. The molecule has 0 saturated heterocycles. The van der Waals surface area contributed by atoms with E-state index in [1.807, 2.05) is 24.3 Å². The Labute approximate surface area is 174 Å². The van der Waals surface area contributed by atoms with Gasteiger partial charge in [0.15, 0.2) is 5.82 Å². The Morgan fingerprint density at radius 2 is 2.11 bits per heavy atom. The number of rotatable bonds is 6. The van der Waals surface area contributed by atoms with Gasteiger partial charge in [-0.15, -0.1) is 5.10 Å². The highest BCUT2D eigenvalue weighted by Gasteiger charge is 2.19. The molecule has 9 heteroatoms. The number of hydrogen-bond acceptors (Lipinski definition) is 5. The molecule has 140 valence electrons. The van der Waals surface area contributed by atoms with E-state index in [0.717, 1.165) is 10.0 Å². The number of aromatic nitrogens is 3. The van der Waals surface area contributed by atoms with Crippen LogP contribution in [0.4, 0.5) is 5.69 Å². The van der Waals surface area contributed by atoms with Crippen LogP contribution in [-0.2, 0) is 4.79 Å². The van der Waals surface area contributed by atoms with Gasteiger partial charge in [-0.05, 0) is 31.2 Å². The van der Waals surface area contributed by atoms with Crippen molar-refractivity contribution in [3.8, 4) is 17.1 Å². The van der Waals surface area contributed by atoms with E-state index in [-0.39, 0.29) is 5.91 Å². The third-order valence-corrected chi connectivity index (χ3v) is 5.55. The number of methoxy groups -OCH3 is 1. The maximum absolute atomic E-state index is 12.5. The first-order valence-corrected chi connectivity index (χ1v) is 10.0. The van der Waals surface area contributed by atoms with Crippen molar-refractivity contribution in [2.24, 2.45) is 0 Å². The number of nitrogens with zero attached hydrogens (tertiary/aromatic N) is 2. The second-order valence-corrected chi connectivity index (χ2v) is 8.14. The molecule has 1 heterocycles. The number of carbonyl (C=O) groups excluding carboxylic acids is 1. The van der Waals surface area contributed by atoms with E-state index in [9.17, 15) is 4.79 Å². The van der Waals surface area contributed by atoms with E-state index in [0.29, 0.717) is 27.4 Å². The van der Waals surface area contributed by atoms with Crippen molar-refractivity contribution in [1.29, 1.82) is 0 Å². The minimum atomic E-state index is -0.420. The molecule has 3 aromatic rings. The first-order chi connectivity index (χ1) is 13.0. The molecule has 0 aliphatic rings. The zero-order valence-electron chi connectivity index (χ0n) is 14.5. The molecule has 1 amide bonds. The molecule has 1 atom stereocenters. The van der Waals surface area contributed by atoms with Crippen molar-refractivity contribution in [3.63, 3.8) is 0 Å². The van der Waals surface area contributed by atoms with Crippen molar-refractivity contribution >= 4 is 50.9 Å². The van der Waals surface area contributed by atoms with E-state index in [1.54, 1.807) is 25.1 Å². The molecule has 0 saturated carbocycles. The lowest BCUT2D eigenvalue weighted by atomic mass is 10.2. The molecule has 27 heavy (non-hydrogen) atoms. The fourth-order valence-electron chi connectivity index (χ4n) is 2.30. The van der Waals surface area contributed by atoms with Gasteiger partial charge in [-0.25, -0.2) is 4.98 Å². The Hall–Kier alpha value is -2.03. The SMILES string of the molecule is COc1ccc(Cl)cc1NC(=O)[C@@H](C)Sc1n[nH]c(-c2ccccc2Br)n1. The van der Waals surface area contributed by atoms with Gasteiger partial charge in [0, 0.05) is 15.1 Å². The highest BCUT2D eigenvalue weighted by Crippen LogP contribution is 2.30. The molecule has 3 rings (SSSR count). The predicted molar refractivity (Wildman–Crippen MR) is 111 cm³/mol. The van der Waals surface area contributed by atoms with Crippen molar-refractivity contribution < 1.29 is 9.53 Å². The summed E-state index contributed by atoms with van der Waals surface area (Å²) in [5.41, 5.74) is 1.42. The van der Waals surface area contributed by atoms with E-state index < -0.39 is 5.25 Å². The summed E-state index contributed by atoms with van der Waals surface area (Å²) >= 11 is 10.7. The maximum atomic E-state index is 12.5. The Bertz CT molecular complexity index is 966. The highest BCUT2D eigenvalue weighted by atomic mass is 79.9. The molecule has 1 aromatic heterocycles. The van der Waals surface area contributed by atoms with Gasteiger partial charge < -0.3 is 10.1 Å². The zero-order chi connectivity index (χ0) is 19.4. The normalized spacial score (nSPS) is 11.9. The van der Waals surface area contributed by atoms with E-state index in [1.165, 1.54) is 18.9 Å². The number of H-pyrrole nitrogens is 1. The first-order valence-electron chi connectivity index (χ1n) is 7.96. The zero-order valence-corrected chi connectivity index (χ0v) is 17.7. The summed E-state index contributed by atoms with van der Waals surface area (Å²) < 4.78 is 6.16. The standard InChI is InChI=1S/C18H16BrClN4O2S/c1-10(17(25)21-14-9-11(20)7-8-15(14)26-2)27-18-22-16(23-24-18)12-5-3-4-6-13(12)19/h3-10H,1-2H3,(H,21,25)(H,22,23,24)/t10-/m1/s1. The number of nitrogens with one attached hydrogen (secondary N) is 2. The molecule has 2 aromatic carbocycles. The van der Waals surface area contributed by atoms with Crippen LogP contribution in [0.25, 0.3) is 11.4 Å². The van der Waals surface area contributed by atoms with Gasteiger partial charge in [0.1, 0.15) is 5.75 Å². The van der Waals surface area contributed by atoms with Crippen molar-refractivity contribution in [1.82, 2.24) is 15.2 Å². The maximum Gasteiger partial charge on any atom is 0.237 e. The third-order valence-electron chi connectivity index (χ3n) is 3.66. The number of aromatic amines is 1. The molecule has 0 bridgehead atoms. The van der Waals surface area contributed by atoms with Gasteiger partial charge >= 0.3 is 0 Å². The van der Waals surface area contributed by atoms with Crippen LogP contribution < -0.4 is 10.1 Å². The van der Waals surface area contributed by atoms with E-state index in [2.05, 4.69) is 36.4 Å². The van der Waals surface area contributed by atoms with Gasteiger partial charge in [-0.2, -0.15) is 0 Å². The van der Waals surface area contributed by atoms with Crippen molar-refractivity contribution in [2.45, 2.75) is 17.3 Å². The minimum Gasteiger partial charge on any atom is -0.495 e. The van der Waals surface area contributed by atoms with Gasteiger partial charge in [0.05, 0.1) is 18.0 Å². The lowest BCUT2D eigenvalue weighted by Crippen LogP contribution is -2.22. The molecule has 0 radical (unpaired) electrons. The molecular formula is C18H16BrClN4O2S.